The molecule has 2 aromatic heterocycles. The molecule has 4 rings (SSSR count). The van der Waals surface area contributed by atoms with E-state index in [1.54, 1.807) is 19.2 Å². The summed E-state index contributed by atoms with van der Waals surface area (Å²) in [6.07, 6.45) is 7.19. The quantitative estimate of drug-likeness (QED) is 0.629. The fourth-order valence-corrected chi connectivity index (χ4v) is 4.05. The number of benzene rings is 1. The van der Waals surface area contributed by atoms with Gasteiger partial charge in [0.25, 0.3) is 5.91 Å². The van der Waals surface area contributed by atoms with Gasteiger partial charge in [0.1, 0.15) is 11.8 Å². The highest BCUT2D eigenvalue weighted by atomic mass is 16.3. The Kier molecular flexibility index (Phi) is 5.19. The Balaban J connectivity index is 1.51. The van der Waals surface area contributed by atoms with Crippen LogP contribution in [0.1, 0.15) is 42.7 Å². The van der Waals surface area contributed by atoms with Gasteiger partial charge in [-0.25, -0.2) is 0 Å². The van der Waals surface area contributed by atoms with E-state index in [9.17, 15) is 9.59 Å². The Morgan fingerprint density at radius 2 is 1.93 bits per heavy atom. The lowest BCUT2D eigenvalue weighted by atomic mass is 9.83. The van der Waals surface area contributed by atoms with E-state index in [4.69, 9.17) is 4.42 Å². The van der Waals surface area contributed by atoms with Gasteiger partial charge >= 0.3 is 0 Å². The maximum atomic E-state index is 12.7. The molecule has 1 aromatic carbocycles. The Morgan fingerprint density at radius 3 is 2.71 bits per heavy atom. The molecule has 146 valence electrons. The van der Waals surface area contributed by atoms with Gasteiger partial charge in [0.2, 0.25) is 5.91 Å². The predicted octanol–water partition coefficient (Wildman–Crippen LogP) is 3.85. The molecular formula is C22H25N3O3. The van der Waals surface area contributed by atoms with E-state index < -0.39 is 6.04 Å². The van der Waals surface area contributed by atoms with E-state index in [1.807, 2.05) is 30.5 Å². The average Bonchev–Trinajstić information content (AvgIpc) is 3.40. The number of fused-ring (bicyclic) bond motifs is 1. The second-order valence-corrected chi connectivity index (χ2v) is 7.41. The number of carbonyl (C=O) groups is 2. The molecule has 0 radical (unpaired) electrons. The van der Waals surface area contributed by atoms with Crippen molar-refractivity contribution in [3.8, 4) is 11.3 Å². The van der Waals surface area contributed by atoms with Crippen molar-refractivity contribution in [2.45, 2.75) is 38.1 Å². The first-order valence-electron chi connectivity index (χ1n) is 9.85. The van der Waals surface area contributed by atoms with Crippen LogP contribution in [0.25, 0.3) is 22.2 Å². The van der Waals surface area contributed by atoms with Crippen molar-refractivity contribution < 1.29 is 14.0 Å². The summed E-state index contributed by atoms with van der Waals surface area (Å²) in [5.41, 5.74) is 1.90. The van der Waals surface area contributed by atoms with Crippen LogP contribution in [0.3, 0.4) is 0 Å². The van der Waals surface area contributed by atoms with E-state index in [0.717, 1.165) is 42.1 Å². The summed E-state index contributed by atoms with van der Waals surface area (Å²) in [4.78, 5) is 28.3. The maximum absolute atomic E-state index is 12.7. The molecule has 6 nitrogen and oxygen atoms in total. The van der Waals surface area contributed by atoms with Crippen molar-refractivity contribution in [2.75, 3.05) is 7.05 Å². The summed E-state index contributed by atoms with van der Waals surface area (Å²) in [6.45, 7) is 0. The molecule has 3 aromatic rings. The second kappa shape index (κ2) is 7.92. The van der Waals surface area contributed by atoms with Crippen molar-refractivity contribution in [1.29, 1.82) is 0 Å². The lowest BCUT2D eigenvalue weighted by Gasteiger charge is -2.29. The van der Waals surface area contributed by atoms with Crippen LogP contribution in [0.5, 0.6) is 0 Å². The third-order valence-corrected chi connectivity index (χ3v) is 5.61. The molecular weight excluding hydrogens is 354 g/mol. The zero-order valence-corrected chi connectivity index (χ0v) is 16.0. The first-order chi connectivity index (χ1) is 13.7. The fourth-order valence-electron chi connectivity index (χ4n) is 4.05. The number of H-pyrrole nitrogens is 1. The van der Waals surface area contributed by atoms with Crippen LogP contribution >= 0.6 is 0 Å². The molecule has 1 saturated carbocycles. The number of aromatic amines is 1. The summed E-state index contributed by atoms with van der Waals surface area (Å²) in [5.74, 6) is 0.500. The smallest absolute Gasteiger partial charge is 0.287 e. The van der Waals surface area contributed by atoms with Gasteiger partial charge in [0, 0.05) is 24.3 Å². The molecule has 0 spiro atoms. The van der Waals surface area contributed by atoms with Gasteiger partial charge in [-0.05, 0) is 48.4 Å². The van der Waals surface area contributed by atoms with Crippen LogP contribution in [0.4, 0.5) is 0 Å². The first kappa shape index (κ1) is 18.3. The Morgan fingerprint density at radius 1 is 1.11 bits per heavy atom. The van der Waals surface area contributed by atoms with Crippen LogP contribution in [0.15, 0.2) is 47.0 Å². The third kappa shape index (κ3) is 3.67. The molecule has 0 aliphatic heterocycles. The van der Waals surface area contributed by atoms with Crippen LogP contribution in [-0.2, 0) is 4.79 Å². The van der Waals surface area contributed by atoms with Gasteiger partial charge in [0.15, 0.2) is 5.76 Å². The Labute approximate surface area is 163 Å². The number of likely N-dealkylation sites (N-methyl/N-ethyl adjacent to an activating group) is 1. The molecule has 2 amide bonds. The molecule has 28 heavy (non-hydrogen) atoms. The van der Waals surface area contributed by atoms with Crippen molar-refractivity contribution in [2.24, 2.45) is 5.92 Å². The molecule has 3 N–H and O–H groups in total. The van der Waals surface area contributed by atoms with Crippen LogP contribution in [0.2, 0.25) is 0 Å². The minimum Gasteiger partial charge on any atom is -0.451 e. The molecule has 1 unspecified atom stereocenters. The highest BCUT2D eigenvalue weighted by Gasteiger charge is 2.31. The number of carbonyl (C=O) groups excluding carboxylic acids is 2. The van der Waals surface area contributed by atoms with Gasteiger partial charge in [-0.3, -0.25) is 9.59 Å². The average molecular weight is 379 g/mol. The summed E-state index contributed by atoms with van der Waals surface area (Å²) in [7, 11) is 1.60. The lowest BCUT2D eigenvalue weighted by molar-refractivity contribution is -0.124. The second-order valence-electron chi connectivity index (χ2n) is 7.41. The number of hydrogen-bond acceptors (Lipinski definition) is 3. The van der Waals surface area contributed by atoms with Gasteiger partial charge in [-0.2, -0.15) is 0 Å². The minimum absolute atomic E-state index is 0.149. The van der Waals surface area contributed by atoms with Crippen LogP contribution in [0, 0.1) is 5.92 Å². The highest BCUT2D eigenvalue weighted by Crippen LogP contribution is 2.28. The molecule has 1 aliphatic carbocycles. The molecule has 1 atom stereocenters. The van der Waals surface area contributed by atoms with Crippen LogP contribution in [-0.4, -0.2) is 29.9 Å². The normalized spacial score (nSPS) is 16.0. The molecule has 2 heterocycles. The summed E-state index contributed by atoms with van der Waals surface area (Å²) in [6, 6.07) is 10.9. The van der Waals surface area contributed by atoms with E-state index in [1.165, 1.54) is 6.42 Å². The third-order valence-electron chi connectivity index (χ3n) is 5.61. The van der Waals surface area contributed by atoms with Crippen molar-refractivity contribution >= 4 is 22.7 Å². The molecule has 0 saturated heterocycles. The van der Waals surface area contributed by atoms with Crippen molar-refractivity contribution in [3.05, 3.63) is 48.4 Å². The Hall–Kier alpha value is -3.02. The number of furan rings is 1. The monoisotopic (exact) mass is 379 g/mol. The van der Waals surface area contributed by atoms with E-state index in [2.05, 4.69) is 15.6 Å². The largest absolute Gasteiger partial charge is 0.451 e. The minimum atomic E-state index is -0.526. The molecule has 0 bridgehead atoms. The number of hydrogen-bond donors (Lipinski definition) is 3. The van der Waals surface area contributed by atoms with E-state index in [0.29, 0.717) is 5.76 Å². The summed E-state index contributed by atoms with van der Waals surface area (Å²) in [5, 5.41) is 6.69. The maximum Gasteiger partial charge on any atom is 0.287 e. The van der Waals surface area contributed by atoms with Gasteiger partial charge in [-0.1, -0.05) is 31.4 Å². The number of nitrogens with one attached hydrogen (secondary N) is 3. The molecule has 1 fully saturated rings. The van der Waals surface area contributed by atoms with Gasteiger partial charge in [0.05, 0.1) is 0 Å². The van der Waals surface area contributed by atoms with Crippen LogP contribution < -0.4 is 10.6 Å². The molecule has 1 aliphatic rings. The van der Waals surface area contributed by atoms with Gasteiger partial charge < -0.3 is 20.0 Å². The number of aromatic nitrogens is 1. The number of rotatable bonds is 5. The fraction of sp³-hybridized carbons (Fsp3) is 0.364. The predicted molar refractivity (Wildman–Crippen MR) is 108 cm³/mol. The Bertz CT molecular complexity index is 982. The standard InChI is InChI=1S/C22H25N3O3/c1-23-22(27)20(15-5-3-2-4-6-15)25-21(26)19-10-9-18(28-19)16-8-7-14-11-12-24-17(14)13-16/h7-13,15,20,24H,2-6H2,1H3,(H,23,27)(H,25,26). The SMILES string of the molecule is CNC(=O)C(NC(=O)c1ccc(-c2ccc3cc[nH]c3c2)o1)C1CCCCC1. The number of amides is 2. The first-order valence-corrected chi connectivity index (χ1v) is 9.85. The van der Waals surface area contributed by atoms with Crippen molar-refractivity contribution in [3.63, 3.8) is 0 Å². The van der Waals surface area contributed by atoms with Gasteiger partial charge in [-0.15, -0.1) is 0 Å². The molecule has 6 heteroatoms. The highest BCUT2D eigenvalue weighted by molar-refractivity contribution is 5.96. The van der Waals surface area contributed by atoms with E-state index >= 15 is 0 Å². The zero-order valence-electron chi connectivity index (χ0n) is 16.0. The lowest BCUT2D eigenvalue weighted by Crippen LogP contribution is -2.50. The summed E-state index contributed by atoms with van der Waals surface area (Å²) < 4.78 is 5.80. The topological polar surface area (TPSA) is 87.1 Å². The van der Waals surface area contributed by atoms with Crippen molar-refractivity contribution in [1.82, 2.24) is 15.6 Å². The van der Waals surface area contributed by atoms with E-state index in [-0.39, 0.29) is 23.5 Å². The zero-order chi connectivity index (χ0) is 19.5. The summed E-state index contributed by atoms with van der Waals surface area (Å²) >= 11 is 0.